The number of piperidine rings is 2. The lowest BCUT2D eigenvalue weighted by Crippen LogP contribution is -2.44. The van der Waals surface area contributed by atoms with E-state index in [4.69, 9.17) is 23.2 Å². The van der Waals surface area contributed by atoms with E-state index in [0.29, 0.717) is 40.7 Å². The van der Waals surface area contributed by atoms with Crippen LogP contribution in [-0.2, 0) is 33.3 Å². The summed E-state index contributed by atoms with van der Waals surface area (Å²) in [6.07, 6.45) is 5.67. The summed E-state index contributed by atoms with van der Waals surface area (Å²) in [4.78, 5) is 28.2. The number of halogens is 2. The average molecular weight is 846 g/mol. The van der Waals surface area contributed by atoms with E-state index in [0.717, 1.165) is 70.3 Å². The van der Waals surface area contributed by atoms with Gasteiger partial charge in [-0.15, -0.1) is 0 Å². The number of aliphatic carboxylic acids is 2. The van der Waals surface area contributed by atoms with Gasteiger partial charge in [-0.05, 0) is 153 Å². The van der Waals surface area contributed by atoms with Crippen LogP contribution in [-0.4, -0.2) is 98.3 Å². The van der Waals surface area contributed by atoms with Crippen molar-refractivity contribution in [3.8, 4) is 11.5 Å². The van der Waals surface area contributed by atoms with Crippen molar-refractivity contribution in [2.75, 3.05) is 45.9 Å². The maximum Gasteiger partial charge on any atom is 0.308 e. The number of carbonyl (C=O) groups is 2. The van der Waals surface area contributed by atoms with Crippen LogP contribution in [0.25, 0.3) is 0 Å². The van der Waals surface area contributed by atoms with Crippen molar-refractivity contribution >= 4 is 35.1 Å². The van der Waals surface area contributed by atoms with E-state index >= 15 is 0 Å². The van der Waals surface area contributed by atoms with Crippen LogP contribution in [0.2, 0.25) is 10.0 Å². The first-order valence-corrected chi connectivity index (χ1v) is 21.4. The van der Waals surface area contributed by atoms with Gasteiger partial charge < -0.3 is 40.4 Å². The molecule has 2 spiro atoms. The number of hydrogen-bond acceptors (Lipinski definition) is 8. The van der Waals surface area contributed by atoms with Crippen molar-refractivity contribution in [3.05, 3.63) is 128 Å². The van der Waals surface area contributed by atoms with E-state index < -0.39 is 29.9 Å². The minimum absolute atomic E-state index is 0.000240. The molecule has 4 aromatic rings. The summed E-state index contributed by atoms with van der Waals surface area (Å²) in [5.74, 6) is -2.49. The smallest absolute Gasteiger partial charge is 0.308 e. The summed E-state index contributed by atoms with van der Waals surface area (Å²) < 4.78 is 0. The van der Waals surface area contributed by atoms with E-state index in [1.807, 2.05) is 24.3 Å². The van der Waals surface area contributed by atoms with Crippen LogP contribution in [0.1, 0.15) is 83.9 Å². The SMILES string of the molecule is O=C(O)C(Cc1cc(O)ccc1Cl)CN1CCC2(CC1)CC(CO)c1ccccc12.O=C(O)C(Cc1cc(O)ccc1Cl)CN1CCC2(CC1)CC(O)c1ccccc12. The Labute approximate surface area is 355 Å². The Balaban J connectivity index is 0.000000179. The number of carboxylic acids is 2. The van der Waals surface area contributed by atoms with Crippen LogP contribution in [0.5, 0.6) is 11.5 Å². The fourth-order valence-electron chi connectivity index (χ4n) is 10.4. The first kappa shape index (κ1) is 42.9. The van der Waals surface area contributed by atoms with E-state index in [2.05, 4.69) is 34.1 Å². The number of rotatable bonds is 11. The molecule has 0 aromatic heterocycles. The Morgan fingerprint density at radius 1 is 0.644 bits per heavy atom. The van der Waals surface area contributed by atoms with Gasteiger partial charge in [-0.25, -0.2) is 0 Å². The summed E-state index contributed by atoms with van der Waals surface area (Å²) >= 11 is 12.4. The van der Waals surface area contributed by atoms with E-state index in [1.54, 1.807) is 24.3 Å². The van der Waals surface area contributed by atoms with Gasteiger partial charge in [-0.2, -0.15) is 0 Å². The van der Waals surface area contributed by atoms with Crippen molar-refractivity contribution in [2.45, 2.75) is 74.2 Å². The first-order valence-electron chi connectivity index (χ1n) is 20.6. The monoisotopic (exact) mass is 844 g/mol. The van der Waals surface area contributed by atoms with Gasteiger partial charge in [0, 0.05) is 41.1 Å². The lowest BCUT2D eigenvalue weighted by atomic mass is 9.73. The highest BCUT2D eigenvalue weighted by Gasteiger charge is 2.46. The van der Waals surface area contributed by atoms with Crippen molar-refractivity contribution in [3.63, 3.8) is 0 Å². The molecule has 12 heteroatoms. The molecule has 0 radical (unpaired) electrons. The van der Waals surface area contributed by atoms with Crippen LogP contribution in [0.15, 0.2) is 84.9 Å². The third-order valence-electron chi connectivity index (χ3n) is 13.6. The zero-order valence-corrected chi connectivity index (χ0v) is 34.7. The zero-order valence-electron chi connectivity index (χ0n) is 33.1. The van der Waals surface area contributed by atoms with Gasteiger partial charge in [0.2, 0.25) is 0 Å². The number of carboxylic acid groups (broad SMARTS) is 2. The van der Waals surface area contributed by atoms with Gasteiger partial charge in [0.05, 0.1) is 17.9 Å². The summed E-state index contributed by atoms with van der Waals surface area (Å²) in [5.41, 5.74) is 6.35. The van der Waals surface area contributed by atoms with Crippen molar-refractivity contribution in [2.24, 2.45) is 11.8 Å². The van der Waals surface area contributed by atoms with Crippen molar-refractivity contribution in [1.29, 1.82) is 0 Å². The van der Waals surface area contributed by atoms with E-state index in [-0.39, 0.29) is 41.3 Å². The predicted molar refractivity (Wildman–Crippen MR) is 228 cm³/mol. The summed E-state index contributed by atoms with van der Waals surface area (Å²) in [7, 11) is 0. The Bertz CT molecular complexity index is 2130. The molecule has 2 aliphatic heterocycles. The third-order valence-corrected chi connectivity index (χ3v) is 14.3. The normalized spacial score (nSPS) is 21.6. The molecule has 4 aromatic carbocycles. The second-order valence-corrected chi connectivity index (χ2v) is 18.0. The lowest BCUT2D eigenvalue weighted by Gasteiger charge is -2.41. The molecule has 314 valence electrons. The molecule has 0 amide bonds. The quantitative estimate of drug-likeness (QED) is 0.0889. The molecule has 2 heterocycles. The highest BCUT2D eigenvalue weighted by molar-refractivity contribution is 6.31. The largest absolute Gasteiger partial charge is 0.508 e. The molecule has 0 saturated carbocycles. The molecule has 10 nitrogen and oxygen atoms in total. The van der Waals surface area contributed by atoms with Crippen LogP contribution in [0.3, 0.4) is 0 Å². The molecule has 2 aliphatic carbocycles. The standard InChI is InChI=1S/C24H28ClNO4.C23H26ClNO4/c25-22-6-5-19(28)12-16(22)11-17(23(29)30)14-26-9-7-24(8-10-26)13-18(15-27)20-3-1-2-4-21(20)24;24-20-6-5-17(26)12-15(20)11-16(22(28)29)14-25-9-7-23(8-10-25)13-21(27)18-3-1-2-4-19(18)23/h1-6,12,17-18,27-28H,7-11,13-15H2,(H,29,30);1-6,12,16,21,26-27H,7-11,13-14H2,(H,28,29). The fourth-order valence-corrected chi connectivity index (χ4v) is 10.8. The minimum atomic E-state index is -0.855. The lowest BCUT2D eigenvalue weighted by molar-refractivity contribution is -0.143. The highest BCUT2D eigenvalue weighted by Crippen LogP contribution is 2.52. The van der Waals surface area contributed by atoms with Gasteiger partial charge in [-0.3, -0.25) is 9.59 Å². The molecular formula is C47H54Cl2N2O8. The topological polar surface area (TPSA) is 162 Å². The van der Waals surface area contributed by atoms with Gasteiger partial charge in [0.25, 0.3) is 0 Å². The maximum absolute atomic E-state index is 11.9. The number of aromatic hydroxyl groups is 2. The summed E-state index contributed by atoms with van der Waals surface area (Å²) in [6, 6.07) is 25.9. The molecule has 8 rings (SSSR count). The van der Waals surface area contributed by atoms with Crippen LogP contribution in [0, 0.1) is 11.8 Å². The molecular weight excluding hydrogens is 791 g/mol. The fraction of sp³-hybridized carbons (Fsp3) is 0.447. The van der Waals surface area contributed by atoms with Gasteiger partial charge in [-0.1, -0.05) is 71.7 Å². The predicted octanol–water partition coefficient (Wildman–Crippen LogP) is 7.56. The average Bonchev–Trinajstić information content (AvgIpc) is 3.69. The molecule has 4 atom stereocenters. The molecule has 59 heavy (non-hydrogen) atoms. The number of aliphatic hydroxyl groups excluding tert-OH is 2. The molecule has 0 bridgehead atoms. The van der Waals surface area contributed by atoms with E-state index in [1.165, 1.54) is 28.8 Å². The molecule has 2 fully saturated rings. The number of hydrogen-bond donors (Lipinski definition) is 6. The van der Waals surface area contributed by atoms with Gasteiger partial charge in [0.15, 0.2) is 0 Å². The number of benzene rings is 4. The number of phenols is 2. The summed E-state index contributed by atoms with van der Waals surface area (Å²) in [6.45, 7) is 4.36. The van der Waals surface area contributed by atoms with Crippen molar-refractivity contribution in [1.82, 2.24) is 9.80 Å². The highest BCUT2D eigenvalue weighted by atomic mass is 35.5. The van der Waals surface area contributed by atoms with Crippen LogP contribution in [0.4, 0.5) is 0 Å². The number of phenolic OH excluding ortho intramolecular Hbond substituents is 2. The maximum atomic E-state index is 11.9. The van der Waals surface area contributed by atoms with Gasteiger partial charge in [0.1, 0.15) is 11.5 Å². The van der Waals surface area contributed by atoms with Crippen molar-refractivity contribution < 1.29 is 40.2 Å². The minimum Gasteiger partial charge on any atom is -0.508 e. The molecule has 4 aliphatic rings. The number of nitrogens with zero attached hydrogens (tertiary/aromatic N) is 2. The number of likely N-dealkylation sites (tertiary alicyclic amines) is 2. The third kappa shape index (κ3) is 9.43. The van der Waals surface area contributed by atoms with Crippen LogP contribution >= 0.6 is 23.2 Å². The first-order chi connectivity index (χ1) is 28.3. The molecule has 4 unspecified atom stereocenters. The molecule has 6 N–H and O–H groups in total. The van der Waals surface area contributed by atoms with Gasteiger partial charge >= 0.3 is 11.9 Å². The Morgan fingerprint density at radius 3 is 1.53 bits per heavy atom. The number of aliphatic hydroxyl groups is 2. The Morgan fingerprint density at radius 2 is 1.07 bits per heavy atom. The molecule has 2 saturated heterocycles. The zero-order chi connectivity index (χ0) is 41.9. The van der Waals surface area contributed by atoms with Crippen LogP contribution < -0.4 is 0 Å². The van der Waals surface area contributed by atoms with E-state index in [9.17, 15) is 40.2 Å². The number of fused-ring (bicyclic) bond motifs is 4. The second kappa shape index (κ2) is 18.2. The Hall–Kier alpha value is -4.16. The Kier molecular flexibility index (Phi) is 13.3. The summed E-state index contributed by atoms with van der Waals surface area (Å²) in [5, 5.41) is 60.2. The second-order valence-electron chi connectivity index (χ2n) is 17.2.